The Bertz CT molecular complexity index is 971. The number of hydrogen-bond acceptors (Lipinski definition) is 3. The van der Waals surface area contributed by atoms with Gasteiger partial charge < -0.3 is 19.5 Å². The molecule has 0 fully saturated rings. The smallest absolute Gasteiger partial charge is 0.253 e. The van der Waals surface area contributed by atoms with Gasteiger partial charge in [-0.15, -0.1) is 0 Å². The van der Waals surface area contributed by atoms with Crippen LogP contribution in [-0.2, 0) is 13.1 Å². The van der Waals surface area contributed by atoms with Gasteiger partial charge in [0.2, 0.25) is 0 Å². The Kier molecular flexibility index (Phi) is 6.39. The minimum atomic E-state index is -0.0600. The predicted octanol–water partition coefficient (Wildman–Crippen LogP) is 4.09. The number of carbonyl (C=O) groups is 1. The zero-order chi connectivity index (χ0) is 21.0. The summed E-state index contributed by atoms with van der Waals surface area (Å²) in [4.78, 5) is 14.9. The lowest BCUT2D eigenvalue weighted by atomic mass is 10.1. The summed E-state index contributed by atoms with van der Waals surface area (Å²) >= 11 is 0. The summed E-state index contributed by atoms with van der Waals surface area (Å²) < 4.78 is 7.32. The number of carbonyl (C=O) groups excluding carboxylic acids is 1. The van der Waals surface area contributed by atoms with Crippen molar-refractivity contribution in [2.45, 2.75) is 26.9 Å². The number of nitrogens with zero attached hydrogens (tertiary/aromatic N) is 2. The van der Waals surface area contributed by atoms with E-state index in [9.17, 15) is 4.79 Å². The van der Waals surface area contributed by atoms with Crippen LogP contribution in [0.25, 0.3) is 5.69 Å². The number of benzene rings is 2. The Balaban J connectivity index is 1.71. The molecule has 5 heteroatoms. The van der Waals surface area contributed by atoms with Crippen LogP contribution in [0.3, 0.4) is 0 Å². The number of nitrogens with one attached hydrogen (secondary N) is 1. The van der Waals surface area contributed by atoms with Crippen molar-refractivity contribution < 1.29 is 9.53 Å². The van der Waals surface area contributed by atoms with Crippen LogP contribution in [0.15, 0.2) is 54.6 Å². The van der Waals surface area contributed by atoms with E-state index in [4.69, 9.17) is 4.74 Å². The fourth-order valence-corrected chi connectivity index (χ4v) is 3.53. The quantitative estimate of drug-likeness (QED) is 0.660. The molecule has 1 amide bonds. The first kappa shape index (κ1) is 20.7. The van der Waals surface area contributed by atoms with Crippen molar-refractivity contribution in [3.05, 3.63) is 82.7 Å². The fourth-order valence-electron chi connectivity index (χ4n) is 3.53. The standard InChI is InChI=1S/C24H29N3O2/c1-17-14-23(18(2)27(17)21-10-12-22(29-5)13-11-21)24(28)25-15-19-6-8-20(9-7-19)16-26(3)4/h6-14H,15-16H2,1-5H3,(H,25,28). The number of rotatable bonds is 7. The van der Waals surface area contributed by atoms with Gasteiger partial charge in [-0.1, -0.05) is 24.3 Å². The normalized spacial score (nSPS) is 11.0. The summed E-state index contributed by atoms with van der Waals surface area (Å²) in [7, 11) is 5.76. The van der Waals surface area contributed by atoms with Crippen LogP contribution in [0.1, 0.15) is 32.9 Å². The first-order valence-corrected chi connectivity index (χ1v) is 9.73. The van der Waals surface area contributed by atoms with Crippen molar-refractivity contribution in [1.29, 1.82) is 0 Å². The summed E-state index contributed by atoms with van der Waals surface area (Å²) in [6.45, 7) is 5.40. The van der Waals surface area contributed by atoms with Gasteiger partial charge in [0.1, 0.15) is 5.75 Å². The molecule has 0 unspecified atom stereocenters. The van der Waals surface area contributed by atoms with Crippen molar-refractivity contribution in [2.24, 2.45) is 0 Å². The van der Waals surface area contributed by atoms with Gasteiger partial charge in [0.15, 0.2) is 0 Å². The van der Waals surface area contributed by atoms with Gasteiger partial charge in [0.25, 0.3) is 5.91 Å². The molecular weight excluding hydrogens is 362 g/mol. The maximum atomic E-state index is 12.8. The van der Waals surface area contributed by atoms with Crippen molar-refractivity contribution in [3.63, 3.8) is 0 Å². The van der Waals surface area contributed by atoms with Crippen molar-refractivity contribution in [3.8, 4) is 11.4 Å². The molecule has 0 atom stereocenters. The molecule has 3 aromatic rings. The molecule has 0 bridgehead atoms. The van der Waals surface area contributed by atoms with Gasteiger partial charge in [0.05, 0.1) is 12.7 Å². The summed E-state index contributed by atoms with van der Waals surface area (Å²) in [5.74, 6) is 0.751. The van der Waals surface area contributed by atoms with Crippen molar-refractivity contribution >= 4 is 5.91 Å². The highest BCUT2D eigenvalue weighted by molar-refractivity contribution is 5.95. The molecule has 29 heavy (non-hydrogen) atoms. The number of methoxy groups -OCH3 is 1. The number of aryl methyl sites for hydroxylation is 1. The summed E-state index contributed by atoms with van der Waals surface area (Å²) in [5, 5.41) is 3.04. The first-order valence-electron chi connectivity index (χ1n) is 9.73. The molecule has 5 nitrogen and oxygen atoms in total. The minimum absolute atomic E-state index is 0.0600. The van der Waals surface area contributed by atoms with Gasteiger partial charge in [-0.3, -0.25) is 4.79 Å². The molecule has 0 radical (unpaired) electrons. The predicted molar refractivity (Wildman–Crippen MR) is 117 cm³/mol. The Morgan fingerprint density at radius 3 is 2.21 bits per heavy atom. The van der Waals surface area contributed by atoms with E-state index in [-0.39, 0.29) is 5.91 Å². The molecule has 1 heterocycles. The van der Waals surface area contributed by atoms with Crippen LogP contribution in [0.5, 0.6) is 5.75 Å². The number of amides is 1. The SMILES string of the molecule is COc1ccc(-n2c(C)cc(C(=O)NCc3ccc(CN(C)C)cc3)c2C)cc1. The second-order valence-electron chi connectivity index (χ2n) is 7.56. The molecular formula is C24H29N3O2. The number of ether oxygens (including phenoxy) is 1. The molecule has 3 rings (SSSR count). The van der Waals surface area contributed by atoms with Crippen LogP contribution in [-0.4, -0.2) is 36.6 Å². The Morgan fingerprint density at radius 1 is 1.00 bits per heavy atom. The van der Waals surface area contributed by atoms with E-state index in [1.807, 2.05) is 44.2 Å². The molecule has 152 valence electrons. The fraction of sp³-hybridized carbons (Fsp3) is 0.292. The first-order chi connectivity index (χ1) is 13.9. The molecule has 0 aliphatic rings. The van der Waals surface area contributed by atoms with E-state index in [1.54, 1.807) is 7.11 Å². The maximum Gasteiger partial charge on any atom is 0.253 e. The molecule has 1 N–H and O–H groups in total. The molecule has 2 aromatic carbocycles. The van der Waals surface area contributed by atoms with Crippen molar-refractivity contribution in [1.82, 2.24) is 14.8 Å². The third kappa shape index (κ3) is 4.87. The van der Waals surface area contributed by atoms with Crippen molar-refractivity contribution in [2.75, 3.05) is 21.2 Å². The highest BCUT2D eigenvalue weighted by Crippen LogP contribution is 2.23. The highest BCUT2D eigenvalue weighted by Gasteiger charge is 2.16. The third-order valence-corrected chi connectivity index (χ3v) is 4.98. The Morgan fingerprint density at radius 2 is 1.62 bits per heavy atom. The zero-order valence-electron chi connectivity index (χ0n) is 17.8. The third-order valence-electron chi connectivity index (χ3n) is 4.98. The van der Waals surface area contributed by atoms with Gasteiger partial charge in [-0.2, -0.15) is 0 Å². The average molecular weight is 392 g/mol. The number of aromatic nitrogens is 1. The second kappa shape index (κ2) is 8.97. The molecule has 0 aliphatic carbocycles. The van der Waals surface area contributed by atoms with E-state index >= 15 is 0 Å². The van der Waals surface area contributed by atoms with Crippen LogP contribution in [0.2, 0.25) is 0 Å². The van der Waals surface area contributed by atoms with E-state index in [0.29, 0.717) is 12.1 Å². The zero-order valence-corrected chi connectivity index (χ0v) is 17.8. The largest absolute Gasteiger partial charge is 0.497 e. The lowest BCUT2D eigenvalue weighted by Crippen LogP contribution is -2.23. The molecule has 0 aliphatic heterocycles. The van der Waals surface area contributed by atoms with E-state index in [1.165, 1.54) is 5.56 Å². The minimum Gasteiger partial charge on any atom is -0.497 e. The lowest BCUT2D eigenvalue weighted by molar-refractivity contribution is 0.0950. The topological polar surface area (TPSA) is 46.5 Å². The summed E-state index contributed by atoms with van der Waals surface area (Å²) in [6.07, 6.45) is 0. The summed E-state index contributed by atoms with van der Waals surface area (Å²) in [6, 6.07) is 18.1. The van der Waals surface area contributed by atoms with E-state index < -0.39 is 0 Å². The molecule has 0 saturated heterocycles. The monoisotopic (exact) mass is 391 g/mol. The van der Waals surface area contributed by atoms with Crippen LogP contribution >= 0.6 is 0 Å². The maximum absolute atomic E-state index is 12.8. The van der Waals surface area contributed by atoms with E-state index in [2.05, 4.69) is 53.1 Å². The van der Waals surface area contributed by atoms with Gasteiger partial charge in [0, 0.05) is 30.2 Å². The van der Waals surface area contributed by atoms with E-state index in [0.717, 1.165) is 34.9 Å². The molecule has 1 aromatic heterocycles. The Labute approximate surface area is 172 Å². The second-order valence-corrected chi connectivity index (χ2v) is 7.56. The highest BCUT2D eigenvalue weighted by atomic mass is 16.5. The number of hydrogen-bond donors (Lipinski definition) is 1. The lowest BCUT2D eigenvalue weighted by Gasteiger charge is -2.11. The average Bonchev–Trinajstić information content (AvgIpc) is 3.01. The van der Waals surface area contributed by atoms with Crippen LogP contribution in [0, 0.1) is 13.8 Å². The molecule has 0 spiro atoms. The van der Waals surface area contributed by atoms with Gasteiger partial charge in [-0.05, 0) is 69.4 Å². The Hall–Kier alpha value is -3.05. The van der Waals surface area contributed by atoms with Crippen LogP contribution < -0.4 is 10.1 Å². The molecule has 0 saturated carbocycles. The van der Waals surface area contributed by atoms with Crippen LogP contribution in [0.4, 0.5) is 0 Å². The summed E-state index contributed by atoms with van der Waals surface area (Å²) in [5.41, 5.74) is 5.99. The van der Waals surface area contributed by atoms with Gasteiger partial charge in [-0.25, -0.2) is 0 Å². The van der Waals surface area contributed by atoms with Gasteiger partial charge >= 0.3 is 0 Å².